The number of carbonyl (C=O) groups excluding carboxylic acids is 1. The maximum atomic E-state index is 13.0. The molecular formula is C26H24ClN5O6S3. The van der Waals surface area contributed by atoms with E-state index in [0.717, 1.165) is 23.1 Å². The number of aromatic nitrogens is 3. The molecule has 2 aromatic heterocycles. The van der Waals surface area contributed by atoms with Gasteiger partial charge in [-0.3, -0.25) is 10.1 Å². The molecule has 5 rings (SSSR count). The van der Waals surface area contributed by atoms with Gasteiger partial charge < -0.3 is 4.74 Å². The van der Waals surface area contributed by atoms with Gasteiger partial charge in [0.2, 0.25) is 25.0 Å². The van der Waals surface area contributed by atoms with E-state index in [2.05, 4.69) is 20.3 Å². The molecule has 0 radical (unpaired) electrons. The summed E-state index contributed by atoms with van der Waals surface area (Å²) in [4.78, 5) is 25.4. The Kier molecular flexibility index (Phi) is 8.50. The third-order valence-corrected chi connectivity index (χ3v) is 10.7. The van der Waals surface area contributed by atoms with Gasteiger partial charge in [-0.2, -0.15) is 4.31 Å². The molecule has 1 aliphatic rings. The number of benzene rings is 2. The molecule has 1 aliphatic heterocycles. The van der Waals surface area contributed by atoms with Crippen molar-refractivity contribution in [3.8, 4) is 11.3 Å². The molecule has 0 aliphatic carbocycles. The molecule has 41 heavy (non-hydrogen) atoms. The zero-order chi connectivity index (χ0) is 29.2. The normalized spacial score (nSPS) is 14.6. The zero-order valence-corrected chi connectivity index (χ0v) is 24.9. The number of amides is 1. The van der Waals surface area contributed by atoms with E-state index in [1.165, 1.54) is 16.4 Å². The lowest BCUT2D eigenvalue weighted by molar-refractivity contribution is 0.0730. The number of sulfonamides is 1. The summed E-state index contributed by atoms with van der Waals surface area (Å²) in [5, 5.41) is 3.87. The number of ether oxygens (including phenoxy) is 1. The summed E-state index contributed by atoms with van der Waals surface area (Å²) in [5.74, 6) is -1.08. The standard InChI is InChI=1S/C26H24ClN5O6S3/c1-17-4-2-3-5-19(17)16-40(34,35)26-28-14-21(27)23(30-26)24(33)31-25-29-22(15-39-25)18-6-8-20(9-7-18)41(36,37)32-10-12-38-13-11-32/h2-9,14-15H,10-13,16H2,1H3,(H,29,31,33). The van der Waals surface area contributed by atoms with Gasteiger partial charge in [-0.1, -0.05) is 48.0 Å². The van der Waals surface area contributed by atoms with Crippen LogP contribution in [0.25, 0.3) is 11.3 Å². The van der Waals surface area contributed by atoms with E-state index >= 15 is 0 Å². The van der Waals surface area contributed by atoms with Gasteiger partial charge in [-0.15, -0.1) is 11.3 Å². The van der Waals surface area contributed by atoms with E-state index < -0.39 is 30.9 Å². The van der Waals surface area contributed by atoms with Crippen molar-refractivity contribution in [3.05, 3.63) is 82.0 Å². The average Bonchev–Trinajstić information content (AvgIpc) is 3.43. The van der Waals surface area contributed by atoms with Crippen LogP contribution in [-0.2, 0) is 30.4 Å². The molecule has 11 nitrogen and oxygen atoms in total. The minimum Gasteiger partial charge on any atom is -0.379 e. The van der Waals surface area contributed by atoms with Crippen molar-refractivity contribution >= 4 is 53.8 Å². The number of halogens is 1. The molecule has 15 heteroatoms. The van der Waals surface area contributed by atoms with Gasteiger partial charge in [0.15, 0.2) is 10.8 Å². The van der Waals surface area contributed by atoms with Gasteiger partial charge in [0.25, 0.3) is 5.91 Å². The monoisotopic (exact) mass is 633 g/mol. The highest BCUT2D eigenvalue weighted by Crippen LogP contribution is 2.28. The van der Waals surface area contributed by atoms with Crippen molar-refractivity contribution in [2.75, 3.05) is 31.6 Å². The predicted molar refractivity (Wildman–Crippen MR) is 154 cm³/mol. The average molecular weight is 634 g/mol. The molecule has 2 aromatic carbocycles. The van der Waals surface area contributed by atoms with Gasteiger partial charge in [0.05, 0.1) is 40.8 Å². The smallest absolute Gasteiger partial charge is 0.277 e. The van der Waals surface area contributed by atoms with Gasteiger partial charge in [-0.05, 0) is 30.2 Å². The number of hydrogen-bond donors (Lipinski definition) is 1. The van der Waals surface area contributed by atoms with E-state index in [9.17, 15) is 21.6 Å². The number of nitrogens with zero attached hydrogens (tertiary/aromatic N) is 4. The van der Waals surface area contributed by atoms with E-state index in [4.69, 9.17) is 16.3 Å². The lowest BCUT2D eigenvalue weighted by atomic mass is 10.1. The van der Waals surface area contributed by atoms with Crippen molar-refractivity contribution in [1.29, 1.82) is 0 Å². The number of anilines is 1. The Labute approximate surface area is 246 Å². The maximum absolute atomic E-state index is 13.0. The summed E-state index contributed by atoms with van der Waals surface area (Å²) < 4.78 is 58.3. The topological polar surface area (TPSA) is 149 Å². The molecular weight excluding hydrogens is 610 g/mol. The zero-order valence-electron chi connectivity index (χ0n) is 21.7. The lowest BCUT2D eigenvalue weighted by Gasteiger charge is -2.26. The Hall–Kier alpha value is -3.27. The number of morpholine rings is 1. The summed E-state index contributed by atoms with van der Waals surface area (Å²) in [7, 11) is -7.59. The fourth-order valence-corrected chi connectivity index (χ4v) is 7.66. The van der Waals surface area contributed by atoms with Crippen LogP contribution in [0, 0.1) is 6.92 Å². The molecule has 0 unspecified atom stereocenters. The van der Waals surface area contributed by atoms with Crippen molar-refractivity contribution < 1.29 is 26.4 Å². The first-order valence-corrected chi connectivity index (χ1v) is 16.6. The highest BCUT2D eigenvalue weighted by atomic mass is 35.5. The number of aryl methyl sites for hydroxylation is 1. The number of thiazole rings is 1. The summed E-state index contributed by atoms with van der Waals surface area (Å²) in [5.41, 5.74) is 2.25. The van der Waals surface area contributed by atoms with Crippen molar-refractivity contribution in [2.24, 2.45) is 0 Å². The second-order valence-corrected chi connectivity index (χ2v) is 14.2. The van der Waals surface area contributed by atoms with E-state index in [1.807, 2.05) is 6.07 Å². The third kappa shape index (κ3) is 6.47. The van der Waals surface area contributed by atoms with Crippen LogP contribution in [0.15, 0.2) is 70.2 Å². The minimum atomic E-state index is -3.96. The first-order chi connectivity index (χ1) is 19.5. The highest BCUT2D eigenvalue weighted by molar-refractivity contribution is 7.90. The second-order valence-electron chi connectivity index (χ2n) is 9.07. The van der Waals surface area contributed by atoms with Gasteiger partial charge >= 0.3 is 0 Å². The molecule has 3 heterocycles. The van der Waals surface area contributed by atoms with Crippen LogP contribution in [0.2, 0.25) is 5.02 Å². The summed E-state index contributed by atoms with van der Waals surface area (Å²) >= 11 is 7.28. The van der Waals surface area contributed by atoms with Crippen LogP contribution in [0.4, 0.5) is 5.13 Å². The van der Waals surface area contributed by atoms with Gasteiger partial charge in [-0.25, -0.2) is 31.8 Å². The Morgan fingerprint density at radius 2 is 1.76 bits per heavy atom. The number of sulfone groups is 1. The van der Waals surface area contributed by atoms with Crippen LogP contribution in [0.5, 0.6) is 0 Å². The molecule has 1 fully saturated rings. The van der Waals surface area contributed by atoms with Gasteiger partial charge in [0.1, 0.15) is 0 Å². The molecule has 4 aromatic rings. The highest BCUT2D eigenvalue weighted by Gasteiger charge is 2.27. The molecule has 0 atom stereocenters. The van der Waals surface area contributed by atoms with Crippen molar-refractivity contribution in [1.82, 2.24) is 19.3 Å². The van der Waals surface area contributed by atoms with Crippen LogP contribution in [0.1, 0.15) is 21.6 Å². The first kappa shape index (κ1) is 29.2. The van der Waals surface area contributed by atoms with E-state index in [1.54, 1.807) is 42.6 Å². The molecule has 0 saturated carbocycles. The number of rotatable bonds is 8. The van der Waals surface area contributed by atoms with Gasteiger partial charge in [0, 0.05) is 24.0 Å². The van der Waals surface area contributed by atoms with Crippen molar-refractivity contribution in [2.45, 2.75) is 22.7 Å². The van der Waals surface area contributed by atoms with Crippen LogP contribution in [0.3, 0.4) is 0 Å². The maximum Gasteiger partial charge on any atom is 0.277 e. The van der Waals surface area contributed by atoms with Crippen LogP contribution >= 0.6 is 22.9 Å². The number of carbonyl (C=O) groups is 1. The fourth-order valence-electron chi connectivity index (χ4n) is 4.06. The summed E-state index contributed by atoms with van der Waals surface area (Å²) in [6, 6.07) is 13.4. The largest absolute Gasteiger partial charge is 0.379 e. The molecule has 0 spiro atoms. The lowest BCUT2D eigenvalue weighted by Crippen LogP contribution is -2.40. The fraction of sp³-hybridized carbons (Fsp3) is 0.231. The number of hydrogen-bond acceptors (Lipinski definition) is 10. The van der Waals surface area contributed by atoms with Crippen molar-refractivity contribution in [3.63, 3.8) is 0 Å². The Balaban J connectivity index is 1.30. The predicted octanol–water partition coefficient (Wildman–Crippen LogP) is 3.81. The van der Waals surface area contributed by atoms with Crippen LogP contribution < -0.4 is 5.32 Å². The van der Waals surface area contributed by atoms with E-state index in [0.29, 0.717) is 43.1 Å². The minimum absolute atomic E-state index is 0.119. The quantitative estimate of drug-likeness (QED) is 0.286. The number of nitrogens with one attached hydrogen (secondary N) is 1. The Morgan fingerprint density at radius 3 is 2.46 bits per heavy atom. The summed E-state index contributed by atoms with van der Waals surface area (Å²) in [6.07, 6.45) is 1.08. The molecule has 214 valence electrons. The third-order valence-electron chi connectivity index (χ3n) is 6.30. The summed E-state index contributed by atoms with van der Waals surface area (Å²) in [6.45, 7) is 3.12. The Morgan fingerprint density at radius 1 is 1.05 bits per heavy atom. The SMILES string of the molecule is Cc1ccccc1CS(=O)(=O)c1ncc(Cl)c(C(=O)Nc2nc(-c3ccc(S(=O)(=O)N4CCOCC4)cc3)cs2)n1. The van der Waals surface area contributed by atoms with E-state index in [-0.39, 0.29) is 26.5 Å². The second kappa shape index (κ2) is 11.9. The molecule has 1 N–H and O–H groups in total. The molecule has 1 saturated heterocycles. The first-order valence-electron chi connectivity index (χ1n) is 12.3. The Bertz CT molecular complexity index is 1810. The molecule has 1 amide bonds. The van der Waals surface area contributed by atoms with Crippen LogP contribution in [-0.4, -0.2) is 68.3 Å². The molecule has 0 bridgehead atoms.